The molecule has 0 bridgehead atoms. The molecule has 40 heavy (non-hydrogen) atoms. The van der Waals surface area contributed by atoms with Gasteiger partial charge in [0.2, 0.25) is 11.8 Å². The van der Waals surface area contributed by atoms with Crippen molar-refractivity contribution < 1.29 is 19.1 Å². The van der Waals surface area contributed by atoms with Crippen molar-refractivity contribution in [1.29, 1.82) is 0 Å². The van der Waals surface area contributed by atoms with Gasteiger partial charge in [0, 0.05) is 29.9 Å². The predicted octanol–water partition coefficient (Wildman–Crippen LogP) is 6.24. The van der Waals surface area contributed by atoms with E-state index in [0.29, 0.717) is 32.6 Å². The van der Waals surface area contributed by atoms with E-state index in [-0.39, 0.29) is 24.3 Å². The Morgan fingerprint density at radius 1 is 0.850 bits per heavy atom. The van der Waals surface area contributed by atoms with Crippen LogP contribution in [0.4, 0.5) is 0 Å². The summed E-state index contributed by atoms with van der Waals surface area (Å²) in [5.41, 5.74) is 3.02. The second-order valence-electron chi connectivity index (χ2n) is 10.7. The van der Waals surface area contributed by atoms with Crippen LogP contribution in [0, 0.1) is 0 Å². The Labute approximate surface area is 245 Å². The Bertz CT molecular complexity index is 1290. The average Bonchev–Trinajstić information content (AvgIpc) is 2.98. The highest BCUT2D eigenvalue weighted by molar-refractivity contribution is 9.10. The molecule has 5 rings (SSSR count). The van der Waals surface area contributed by atoms with Gasteiger partial charge < -0.3 is 19.7 Å². The van der Waals surface area contributed by atoms with Crippen LogP contribution in [0.1, 0.15) is 55.2 Å². The number of amides is 2. The Hall–Kier alpha value is -3.32. The van der Waals surface area contributed by atoms with E-state index in [1.807, 2.05) is 72.8 Å². The number of nitrogens with zero attached hydrogens (tertiary/aromatic N) is 1. The summed E-state index contributed by atoms with van der Waals surface area (Å²) in [4.78, 5) is 29.7. The van der Waals surface area contributed by atoms with E-state index in [9.17, 15) is 9.59 Å². The van der Waals surface area contributed by atoms with Crippen molar-refractivity contribution in [1.82, 2.24) is 10.2 Å². The molecule has 210 valence electrons. The number of carbonyl (C=O) groups excluding carboxylic acids is 2. The Kier molecular flexibility index (Phi) is 9.76. The first-order valence-electron chi connectivity index (χ1n) is 14.3. The molecule has 7 heteroatoms. The highest BCUT2D eigenvalue weighted by atomic mass is 79.9. The lowest BCUT2D eigenvalue weighted by atomic mass is 9.94. The SMILES string of the molecule is O=C(NC1CCCCC1)[C@H](Cc1ccccc1)N(Cc1cccc(Br)c1)C(=O)CCc1ccc2c(c1)OCCO2. The molecule has 0 spiro atoms. The minimum Gasteiger partial charge on any atom is -0.486 e. The largest absolute Gasteiger partial charge is 0.486 e. The fourth-order valence-corrected chi connectivity index (χ4v) is 6.02. The third-order valence-electron chi connectivity index (χ3n) is 7.70. The van der Waals surface area contributed by atoms with Gasteiger partial charge in [-0.3, -0.25) is 9.59 Å². The smallest absolute Gasteiger partial charge is 0.243 e. The zero-order valence-corrected chi connectivity index (χ0v) is 24.4. The number of rotatable bonds is 10. The Morgan fingerprint density at radius 3 is 2.38 bits per heavy atom. The van der Waals surface area contributed by atoms with E-state index in [2.05, 4.69) is 21.2 Å². The lowest BCUT2D eigenvalue weighted by molar-refractivity contribution is -0.141. The first-order chi connectivity index (χ1) is 19.5. The summed E-state index contributed by atoms with van der Waals surface area (Å²) < 4.78 is 12.3. The zero-order chi connectivity index (χ0) is 27.7. The third-order valence-corrected chi connectivity index (χ3v) is 8.19. The van der Waals surface area contributed by atoms with E-state index in [1.54, 1.807) is 4.90 Å². The molecule has 0 radical (unpaired) electrons. The number of ether oxygens (including phenoxy) is 2. The van der Waals surface area contributed by atoms with Gasteiger partial charge in [-0.25, -0.2) is 0 Å². The van der Waals surface area contributed by atoms with Gasteiger partial charge >= 0.3 is 0 Å². The summed E-state index contributed by atoms with van der Waals surface area (Å²) in [6.45, 7) is 1.42. The van der Waals surface area contributed by atoms with Crippen LogP contribution in [0.2, 0.25) is 0 Å². The van der Waals surface area contributed by atoms with Crippen LogP contribution in [0.5, 0.6) is 11.5 Å². The summed E-state index contributed by atoms with van der Waals surface area (Å²) in [5, 5.41) is 3.31. The van der Waals surface area contributed by atoms with Gasteiger partial charge in [0.15, 0.2) is 11.5 Å². The van der Waals surface area contributed by atoms with Crippen molar-refractivity contribution in [3.05, 3.63) is 94.0 Å². The maximum Gasteiger partial charge on any atom is 0.243 e. The predicted molar refractivity (Wildman–Crippen MR) is 159 cm³/mol. The van der Waals surface area contributed by atoms with Crippen LogP contribution in [-0.2, 0) is 29.0 Å². The first kappa shape index (κ1) is 28.2. The van der Waals surface area contributed by atoms with Crippen molar-refractivity contribution in [3.8, 4) is 11.5 Å². The molecular formula is C33H37BrN2O4. The molecule has 3 aromatic carbocycles. The lowest BCUT2D eigenvalue weighted by Crippen LogP contribution is -2.52. The summed E-state index contributed by atoms with van der Waals surface area (Å²) in [6, 6.07) is 23.3. The maximum atomic E-state index is 14.0. The summed E-state index contributed by atoms with van der Waals surface area (Å²) >= 11 is 3.56. The first-order valence-corrected chi connectivity index (χ1v) is 15.1. The minimum absolute atomic E-state index is 0.0467. The van der Waals surface area contributed by atoms with Crippen LogP contribution in [0.3, 0.4) is 0 Å². The Balaban J connectivity index is 1.39. The number of hydrogen-bond acceptors (Lipinski definition) is 4. The molecule has 6 nitrogen and oxygen atoms in total. The number of carbonyl (C=O) groups is 2. The molecule has 1 N–H and O–H groups in total. The topological polar surface area (TPSA) is 67.9 Å². The van der Waals surface area contributed by atoms with E-state index in [1.165, 1.54) is 6.42 Å². The van der Waals surface area contributed by atoms with E-state index in [4.69, 9.17) is 9.47 Å². The van der Waals surface area contributed by atoms with Crippen LogP contribution in [-0.4, -0.2) is 42.0 Å². The van der Waals surface area contributed by atoms with E-state index < -0.39 is 6.04 Å². The molecular weight excluding hydrogens is 568 g/mol. The molecule has 0 saturated heterocycles. The fourth-order valence-electron chi connectivity index (χ4n) is 5.57. The van der Waals surface area contributed by atoms with Crippen molar-refractivity contribution >= 4 is 27.7 Å². The monoisotopic (exact) mass is 604 g/mol. The van der Waals surface area contributed by atoms with Gasteiger partial charge in [-0.2, -0.15) is 0 Å². The van der Waals surface area contributed by atoms with Crippen molar-refractivity contribution in [2.45, 2.75) is 70.0 Å². The van der Waals surface area contributed by atoms with Crippen molar-refractivity contribution in [2.24, 2.45) is 0 Å². The molecule has 0 aromatic heterocycles. The fraction of sp³-hybridized carbons (Fsp3) is 0.394. The second-order valence-corrected chi connectivity index (χ2v) is 11.6. The minimum atomic E-state index is -0.615. The van der Waals surface area contributed by atoms with Gasteiger partial charge in [0.05, 0.1) is 0 Å². The van der Waals surface area contributed by atoms with Gasteiger partial charge in [-0.05, 0) is 60.2 Å². The number of benzene rings is 3. The molecule has 3 aromatic rings. The molecule has 1 aliphatic heterocycles. The summed E-state index contributed by atoms with van der Waals surface area (Å²) in [6.07, 6.45) is 6.76. The van der Waals surface area contributed by atoms with Crippen LogP contribution < -0.4 is 14.8 Å². The molecule has 0 unspecified atom stereocenters. The molecule has 1 fully saturated rings. The van der Waals surface area contributed by atoms with E-state index >= 15 is 0 Å². The van der Waals surface area contributed by atoms with Crippen molar-refractivity contribution in [3.63, 3.8) is 0 Å². The molecule has 2 aliphatic rings. The van der Waals surface area contributed by atoms with Crippen LogP contribution in [0.25, 0.3) is 0 Å². The zero-order valence-electron chi connectivity index (χ0n) is 22.8. The van der Waals surface area contributed by atoms with Crippen LogP contribution in [0.15, 0.2) is 77.3 Å². The maximum absolute atomic E-state index is 14.0. The van der Waals surface area contributed by atoms with Gasteiger partial charge in [0.1, 0.15) is 19.3 Å². The highest BCUT2D eigenvalue weighted by Crippen LogP contribution is 2.31. The second kappa shape index (κ2) is 13.8. The molecule has 1 saturated carbocycles. The molecule has 1 aliphatic carbocycles. The molecule has 2 amide bonds. The average molecular weight is 606 g/mol. The van der Waals surface area contributed by atoms with Gasteiger partial charge in [-0.15, -0.1) is 0 Å². The summed E-state index contributed by atoms with van der Waals surface area (Å²) in [7, 11) is 0. The van der Waals surface area contributed by atoms with E-state index in [0.717, 1.165) is 58.3 Å². The van der Waals surface area contributed by atoms with Gasteiger partial charge in [0.25, 0.3) is 0 Å². The Morgan fingerprint density at radius 2 is 1.60 bits per heavy atom. The number of halogens is 1. The summed E-state index contributed by atoms with van der Waals surface area (Å²) in [5.74, 6) is 1.34. The normalized spacial score (nSPS) is 15.7. The number of fused-ring (bicyclic) bond motifs is 1. The number of aryl methyl sites for hydroxylation is 1. The quantitative estimate of drug-likeness (QED) is 0.297. The van der Waals surface area contributed by atoms with Crippen molar-refractivity contribution in [2.75, 3.05) is 13.2 Å². The third kappa shape index (κ3) is 7.66. The number of hydrogen-bond donors (Lipinski definition) is 1. The standard InChI is InChI=1S/C33H37BrN2O4/c34-27-11-7-10-26(20-27)23-36(32(37)17-15-25-14-16-30-31(22-25)40-19-18-39-30)29(21-24-8-3-1-4-9-24)33(38)35-28-12-5-2-6-13-28/h1,3-4,7-11,14,16,20,22,28-29H,2,5-6,12-13,15,17-19,21,23H2,(H,35,38)/t29-/m0/s1. The molecule has 1 heterocycles. The molecule has 1 atom stereocenters. The highest BCUT2D eigenvalue weighted by Gasteiger charge is 2.32. The number of nitrogens with one attached hydrogen (secondary N) is 1. The van der Waals surface area contributed by atoms with Crippen LogP contribution >= 0.6 is 15.9 Å². The van der Waals surface area contributed by atoms with Gasteiger partial charge in [-0.1, -0.05) is 83.7 Å². The lowest BCUT2D eigenvalue weighted by Gasteiger charge is -2.33.